The standard InChI is InChI=1S/C17H27N5O6/c1-9(23)13(14(18)24)19-15(25)10-4-2-7-22(10)17(27)11-5-3-6-21(11)12-8-28-20-16(12)26/h9-13,23H,2-8H2,1H3,(H2,18,24)(H,19,25)(H,20,26). The third-order valence-electron chi connectivity index (χ3n) is 5.62. The number of primary amides is 1. The van der Waals surface area contributed by atoms with Gasteiger partial charge in [0.05, 0.1) is 18.8 Å². The number of carbonyl (C=O) groups excluding carboxylic acids is 4. The van der Waals surface area contributed by atoms with Crippen molar-refractivity contribution in [3.63, 3.8) is 0 Å². The summed E-state index contributed by atoms with van der Waals surface area (Å²) in [6, 6.07) is -2.95. The number of nitrogens with one attached hydrogen (secondary N) is 2. The van der Waals surface area contributed by atoms with Gasteiger partial charge >= 0.3 is 0 Å². The average Bonchev–Trinajstić information content (AvgIpc) is 3.37. The Bertz CT molecular complexity index is 656. The van der Waals surface area contributed by atoms with Crippen LogP contribution in [0.25, 0.3) is 0 Å². The monoisotopic (exact) mass is 397 g/mol. The number of hydrogen-bond donors (Lipinski definition) is 4. The van der Waals surface area contributed by atoms with E-state index in [1.807, 2.05) is 4.90 Å². The van der Waals surface area contributed by atoms with E-state index in [-0.39, 0.29) is 18.4 Å². The van der Waals surface area contributed by atoms with Crippen molar-refractivity contribution in [3.8, 4) is 0 Å². The van der Waals surface area contributed by atoms with E-state index in [0.29, 0.717) is 32.4 Å². The molecule has 3 aliphatic rings. The first-order valence-corrected chi connectivity index (χ1v) is 9.57. The summed E-state index contributed by atoms with van der Waals surface area (Å²) in [4.78, 5) is 57.6. The molecular weight excluding hydrogens is 370 g/mol. The van der Waals surface area contributed by atoms with Gasteiger partial charge in [-0.3, -0.25) is 28.9 Å². The van der Waals surface area contributed by atoms with E-state index < -0.39 is 42.1 Å². The zero-order valence-electron chi connectivity index (χ0n) is 15.8. The number of hydroxylamine groups is 1. The van der Waals surface area contributed by atoms with E-state index in [9.17, 15) is 24.3 Å². The van der Waals surface area contributed by atoms with E-state index in [1.54, 1.807) is 0 Å². The Kier molecular flexibility index (Phi) is 6.16. The van der Waals surface area contributed by atoms with Gasteiger partial charge < -0.3 is 21.1 Å². The van der Waals surface area contributed by atoms with Gasteiger partial charge in [0.1, 0.15) is 18.1 Å². The molecule has 3 rings (SSSR count). The fourth-order valence-electron chi connectivity index (χ4n) is 4.18. The molecule has 0 aromatic carbocycles. The molecule has 4 amide bonds. The van der Waals surface area contributed by atoms with Gasteiger partial charge in [-0.1, -0.05) is 0 Å². The lowest BCUT2D eigenvalue weighted by Crippen LogP contribution is -2.58. The number of nitrogens with zero attached hydrogens (tertiary/aromatic N) is 2. The summed E-state index contributed by atoms with van der Waals surface area (Å²) in [5.74, 6) is -1.82. The van der Waals surface area contributed by atoms with Crippen molar-refractivity contribution in [1.82, 2.24) is 20.6 Å². The molecule has 0 aromatic rings. The molecule has 156 valence electrons. The van der Waals surface area contributed by atoms with Gasteiger partial charge in [-0.15, -0.1) is 0 Å². The molecule has 0 aliphatic carbocycles. The molecule has 0 spiro atoms. The van der Waals surface area contributed by atoms with Crippen molar-refractivity contribution in [2.75, 3.05) is 19.7 Å². The van der Waals surface area contributed by atoms with Crippen LogP contribution in [-0.2, 0) is 24.0 Å². The molecule has 3 aliphatic heterocycles. The molecule has 5 atom stereocenters. The highest BCUT2D eigenvalue weighted by atomic mass is 16.7. The molecule has 0 saturated carbocycles. The van der Waals surface area contributed by atoms with Gasteiger partial charge in [-0.25, -0.2) is 5.48 Å². The molecule has 0 aromatic heterocycles. The van der Waals surface area contributed by atoms with Crippen LogP contribution < -0.4 is 16.5 Å². The highest BCUT2D eigenvalue weighted by Crippen LogP contribution is 2.27. The summed E-state index contributed by atoms with van der Waals surface area (Å²) < 4.78 is 0. The normalized spacial score (nSPS) is 30.1. The maximum Gasteiger partial charge on any atom is 0.263 e. The third kappa shape index (κ3) is 3.96. The Morgan fingerprint density at radius 3 is 2.54 bits per heavy atom. The number of aliphatic hydroxyl groups is 1. The van der Waals surface area contributed by atoms with Crippen molar-refractivity contribution in [2.45, 2.75) is 62.9 Å². The Hall–Kier alpha value is -2.24. The van der Waals surface area contributed by atoms with E-state index >= 15 is 0 Å². The first-order chi connectivity index (χ1) is 13.3. The third-order valence-corrected chi connectivity index (χ3v) is 5.62. The van der Waals surface area contributed by atoms with Crippen LogP contribution in [0.15, 0.2) is 0 Å². The number of nitrogens with two attached hydrogens (primary N) is 1. The summed E-state index contributed by atoms with van der Waals surface area (Å²) in [5, 5.41) is 12.1. The highest BCUT2D eigenvalue weighted by molar-refractivity contribution is 5.93. The molecular formula is C17H27N5O6. The van der Waals surface area contributed by atoms with E-state index in [2.05, 4.69) is 10.8 Å². The first kappa shape index (κ1) is 20.5. The van der Waals surface area contributed by atoms with Crippen molar-refractivity contribution in [2.24, 2.45) is 5.73 Å². The lowest BCUT2D eigenvalue weighted by molar-refractivity contribution is -0.144. The zero-order chi connectivity index (χ0) is 20.4. The number of rotatable bonds is 6. The molecule has 11 heteroatoms. The second-order valence-electron chi connectivity index (χ2n) is 7.51. The second-order valence-corrected chi connectivity index (χ2v) is 7.51. The molecule has 5 N–H and O–H groups in total. The van der Waals surface area contributed by atoms with Gasteiger partial charge in [-0.05, 0) is 39.2 Å². The van der Waals surface area contributed by atoms with Crippen molar-refractivity contribution in [1.29, 1.82) is 0 Å². The summed E-state index contributed by atoms with van der Waals surface area (Å²) in [6.45, 7) is 2.57. The van der Waals surface area contributed by atoms with E-state index in [4.69, 9.17) is 10.6 Å². The molecule has 3 heterocycles. The lowest BCUT2D eigenvalue weighted by atomic mass is 10.1. The molecule has 5 unspecified atom stereocenters. The Balaban J connectivity index is 1.69. The first-order valence-electron chi connectivity index (χ1n) is 9.57. The van der Waals surface area contributed by atoms with Gasteiger partial charge in [-0.2, -0.15) is 0 Å². The minimum atomic E-state index is -1.22. The second kappa shape index (κ2) is 8.41. The summed E-state index contributed by atoms with van der Waals surface area (Å²) >= 11 is 0. The van der Waals surface area contributed by atoms with Crippen LogP contribution >= 0.6 is 0 Å². The minimum Gasteiger partial charge on any atom is -0.391 e. The quantitative estimate of drug-likeness (QED) is 0.378. The van der Waals surface area contributed by atoms with Gasteiger partial charge in [0, 0.05) is 6.54 Å². The van der Waals surface area contributed by atoms with Crippen LogP contribution in [0.3, 0.4) is 0 Å². The number of amides is 4. The van der Waals surface area contributed by atoms with Crippen molar-refractivity contribution >= 4 is 23.6 Å². The predicted molar refractivity (Wildman–Crippen MR) is 95.2 cm³/mol. The van der Waals surface area contributed by atoms with E-state index in [0.717, 1.165) is 6.42 Å². The largest absolute Gasteiger partial charge is 0.391 e. The SMILES string of the molecule is CC(O)C(NC(=O)C1CCCN1C(=O)C1CCCN1C1CONC1=O)C(N)=O. The number of likely N-dealkylation sites (tertiary alicyclic amines) is 2. The maximum absolute atomic E-state index is 13.2. The summed E-state index contributed by atoms with van der Waals surface area (Å²) in [6.07, 6.45) is 1.35. The molecule has 0 bridgehead atoms. The van der Waals surface area contributed by atoms with Gasteiger partial charge in [0.2, 0.25) is 17.7 Å². The number of hydrogen-bond acceptors (Lipinski definition) is 7. The molecule has 3 fully saturated rings. The van der Waals surface area contributed by atoms with E-state index in [1.165, 1.54) is 11.8 Å². The molecule has 3 saturated heterocycles. The summed E-state index contributed by atoms with van der Waals surface area (Å²) in [7, 11) is 0. The molecule has 11 nitrogen and oxygen atoms in total. The predicted octanol–water partition coefficient (Wildman–Crippen LogP) is -2.78. The fourth-order valence-corrected chi connectivity index (χ4v) is 4.18. The Labute approximate surface area is 162 Å². The maximum atomic E-state index is 13.2. The van der Waals surface area contributed by atoms with Crippen LogP contribution in [0, 0.1) is 0 Å². The van der Waals surface area contributed by atoms with Crippen LogP contribution in [0.4, 0.5) is 0 Å². The molecule has 28 heavy (non-hydrogen) atoms. The zero-order valence-corrected chi connectivity index (χ0v) is 15.8. The van der Waals surface area contributed by atoms with Crippen LogP contribution in [0.5, 0.6) is 0 Å². The van der Waals surface area contributed by atoms with Crippen molar-refractivity contribution < 1.29 is 29.1 Å². The molecule has 0 radical (unpaired) electrons. The van der Waals surface area contributed by atoms with Gasteiger partial charge in [0.15, 0.2) is 0 Å². The van der Waals surface area contributed by atoms with Crippen LogP contribution in [0.1, 0.15) is 32.6 Å². The highest BCUT2D eigenvalue weighted by Gasteiger charge is 2.45. The lowest BCUT2D eigenvalue weighted by Gasteiger charge is -2.33. The van der Waals surface area contributed by atoms with Gasteiger partial charge in [0.25, 0.3) is 5.91 Å². The van der Waals surface area contributed by atoms with Crippen LogP contribution in [0.2, 0.25) is 0 Å². The topological polar surface area (TPSA) is 154 Å². The number of aliphatic hydroxyl groups excluding tert-OH is 1. The Morgan fingerprint density at radius 1 is 1.25 bits per heavy atom. The number of carbonyl (C=O) groups is 4. The Morgan fingerprint density at radius 2 is 1.93 bits per heavy atom. The van der Waals surface area contributed by atoms with Crippen molar-refractivity contribution in [3.05, 3.63) is 0 Å². The summed E-state index contributed by atoms with van der Waals surface area (Å²) in [5.41, 5.74) is 7.54. The smallest absolute Gasteiger partial charge is 0.263 e. The fraction of sp³-hybridized carbons (Fsp3) is 0.765. The minimum absolute atomic E-state index is 0.182. The average molecular weight is 397 g/mol. The van der Waals surface area contributed by atoms with Crippen LogP contribution in [-0.4, -0.2) is 88.5 Å².